The lowest BCUT2D eigenvalue weighted by Gasteiger charge is -2.43. The molecule has 0 saturated carbocycles. The third-order valence-electron chi connectivity index (χ3n) is 8.58. The summed E-state index contributed by atoms with van der Waals surface area (Å²) in [6.45, 7) is 34.3. The lowest BCUT2D eigenvalue weighted by molar-refractivity contribution is -0.236. The third kappa shape index (κ3) is 11.7. The Kier molecular flexibility index (Phi) is 13.7. The van der Waals surface area contributed by atoms with Gasteiger partial charge in [-0.2, -0.15) is 19.4 Å². The molecule has 0 aromatic rings. The molecule has 38 heavy (non-hydrogen) atoms. The molecule has 0 rings (SSSR count). The van der Waals surface area contributed by atoms with Gasteiger partial charge in [0.05, 0.1) is 0 Å². The number of hydrogen-bond acceptors (Lipinski definition) is 6. The van der Waals surface area contributed by atoms with Crippen LogP contribution in [0.3, 0.4) is 0 Å². The van der Waals surface area contributed by atoms with Crippen LogP contribution < -0.4 is 0 Å². The summed E-state index contributed by atoms with van der Waals surface area (Å²) in [5, 5.41) is 0. The highest BCUT2D eigenvalue weighted by Gasteiger charge is 2.43. The van der Waals surface area contributed by atoms with Crippen LogP contribution in [0.4, 0.5) is 9.59 Å². The normalized spacial score (nSPS) is 18.0. The first-order valence-corrected chi connectivity index (χ1v) is 14.7. The predicted molar refractivity (Wildman–Crippen MR) is 156 cm³/mol. The van der Waals surface area contributed by atoms with Crippen molar-refractivity contribution in [3.63, 3.8) is 0 Å². The van der Waals surface area contributed by atoms with Crippen molar-refractivity contribution in [1.29, 1.82) is 0 Å². The molecule has 6 nitrogen and oxygen atoms in total. The van der Waals surface area contributed by atoms with Gasteiger partial charge in [0.1, 0.15) is 12.2 Å². The van der Waals surface area contributed by atoms with E-state index >= 15 is 0 Å². The van der Waals surface area contributed by atoms with Gasteiger partial charge in [0, 0.05) is 11.8 Å². The van der Waals surface area contributed by atoms with Crippen LogP contribution in [0.5, 0.6) is 0 Å². The van der Waals surface area contributed by atoms with Gasteiger partial charge in [0.15, 0.2) is 0 Å². The largest absolute Gasteiger partial charge is 0.550 e. The van der Waals surface area contributed by atoms with Crippen molar-refractivity contribution in [1.82, 2.24) is 0 Å². The second kappa shape index (κ2) is 14.3. The van der Waals surface area contributed by atoms with E-state index in [1.54, 1.807) is 0 Å². The Morgan fingerprint density at radius 1 is 0.526 bits per heavy atom. The molecule has 6 heteroatoms. The summed E-state index contributed by atoms with van der Waals surface area (Å²) in [6, 6.07) is 0. The summed E-state index contributed by atoms with van der Waals surface area (Å²) in [5.41, 5.74) is -0.366. The molecule has 0 amide bonds. The van der Waals surface area contributed by atoms with Gasteiger partial charge in [0.2, 0.25) is 0 Å². The van der Waals surface area contributed by atoms with E-state index in [1.165, 1.54) is 0 Å². The van der Waals surface area contributed by atoms with Crippen LogP contribution in [0.1, 0.15) is 136 Å². The molecule has 0 radical (unpaired) electrons. The lowest BCUT2D eigenvalue weighted by Crippen LogP contribution is -2.44. The number of hydrogen-bond donors (Lipinski definition) is 0. The fraction of sp³-hybridized carbons (Fsp3) is 0.938. The third-order valence-corrected chi connectivity index (χ3v) is 8.58. The molecule has 0 aliphatic rings. The first-order valence-electron chi connectivity index (χ1n) is 14.7. The van der Waals surface area contributed by atoms with E-state index in [9.17, 15) is 9.59 Å². The Hall–Kier alpha value is -1.46. The number of ether oxygens (including phenoxy) is 2. The number of carbonyl (C=O) groups is 2. The van der Waals surface area contributed by atoms with Gasteiger partial charge < -0.3 is 9.47 Å². The van der Waals surface area contributed by atoms with E-state index in [0.717, 1.165) is 25.7 Å². The van der Waals surface area contributed by atoms with Gasteiger partial charge >= 0.3 is 12.3 Å². The minimum absolute atomic E-state index is 0.0522. The Labute approximate surface area is 235 Å². The van der Waals surface area contributed by atoms with Crippen molar-refractivity contribution in [2.45, 2.75) is 149 Å². The van der Waals surface area contributed by atoms with Crippen molar-refractivity contribution in [3.8, 4) is 0 Å². The second-order valence-electron chi connectivity index (χ2n) is 15.7. The smallest absolute Gasteiger partial charge is 0.428 e. The maximum absolute atomic E-state index is 12.8. The summed E-state index contributed by atoms with van der Waals surface area (Å²) < 4.78 is 11.8. The first-order chi connectivity index (χ1) is 17.0. The maximum Gasteiger partial charge on any atom is 0.550 e. The van der Waals surface area contributed by atoms with E-state index < -0.39 is 24.5 Å². The van der Waals surface area contributed by atoms with E-state index in [4.69, 9.17) is 19.2 Å². The van der Waals surface area contributed by atoms with Gasteiger partial charge in [-0.15, -0.1) is 0 Å². The SMILES string of the molecule is CCCC(C(OC(=O)OOC(=O)OC(C(C)C(C)(C)C)C(CCC)C(C)(C)C)C(C)C(C)(C)C)C(C)(C)C. The zero-order valence-corrected chi connectivity index (χ0v) is 27.7. The molecular weight excluding hydrogens is 480 g/mol. The van der Waals surface area contributed by atoms with Crippen molar-refractivity contribution >= 4 is 12.3 Å². The molecule has 0 aliphatic heterocycles. The summed E-state index contributed by atoms with van der Waals surface area (Å²) in [4.78, 5) is 35.4. The molecule has 0 heterocycles. The minimum Gasteiger partial charge on any atom is -0.428 e. The molecule has 0 aromatic carbocycles. The molecule has 0 fully saturated rings. The van der Waals surface area contributed by atoms with Gasteiger partial charge in [0.25, 0.3) is 0 Å². The average molecular weight is 543 g/mol. The van der Waals surface area contributed by atoms with Crippen molar-refractivity contribution in [2.75, 3.05) is 0 Å². The van der Waals surface area contributed by atoms with Gasteiger partial charge in [-0.1, -0.05) is 124 Å². The van der Waals surface area contributed by atoms with Gasteiger partial charge in [-0.3, -0.25) is 0 Å². The summed E-state index contributed by atoms with van der Waals surface area (Å²) >= 11 is 0. The van der Waals surface area contributed by atoms with E-state index in [-0.39, 0.29) is 45.3 Å². The first kappa shape index (κ1) is 36.5. The fourth-order valence-corrected chi connectivity index (χ4v) is 5.18. The van der Waals surface area contributed by atoms with Crippen molar-refractivity contribution in [2.24, 2.45) is 45.3 Å². The molecule has 0 bridgehead atoms. The summed E-state index contributed by atoms with van der Waals surface area (Å²) in [7, 11) is 0. The molecular formula is C32H62O6. The predicted octanol–water partition coefficient (Wildman–Crippen LogP) is 10.2. The fourth-order valence-electron chi connectivity index (χ4n) is 5.18. The number of carbonyl (C=O) groups excluding carboxylic acids is 2. The van der Waals surface area contributed by atoms with Crippen LogP contribution in [-0.2, 0) is 19.2 Å². The topological polar surface area (TPSA) is 71.1 Å². The number of rotatable bonds is 10. The van der Waals surface area contributed by atoms with Crippen molar-refractivity contribution in [3.05, 3.63) is 0 Å². The molecule has 0 saturated heterocycles. The zero-order chi connectivity index (χ0) is 30.3. The maximum atomic E-state index is 12.8. The molecule has 0 spiro atoms. The van der Waals surface area contributed by atoms with Crippen LogP contribution in [-0.4, -0.2) is 24.5 Å². The van der Waals surface area contributed by atoms with Crippen LogP contribution in [0.25, 0.3) is 0 Å². The standard InChI is InChI=1S/C32H62O6/c1-17-19-23(31(11,12)13)25(21(3)29(5,6)7)35-27(33)37-38-28(34)36-26(22(4)30(8,9)10)24(20-18-2)32(14,15)16/h21-26H,17-20H2,1-16H3. The Morgan fingerprint density at radius 2 is 0.789 bits per heavy atom. The zero-order valence-electron chi connectivity index (χ0n) is 27.7. The van der Waals surface area contributed by atoms with E-state index in [1.807, 2.05) is 0 Å². The highest BCUT2D eigenvalue weighted by atomic mass is 17.3. The van der Waals surface area contributed by atoms with Gasteiger partial charge in [-0.05, 0) is 46.3 Å². The Bertz CT molecular complexity index is 654. The van der Waals surface area contributed by atoms with Crippen LogP contribution >= 0.6 is 0 Å². The Balaban J connectivity index is 5.74. The highest BCUT2D eigenvalue weighted by Crippen LogP contribution is 2.43. The van der Waals surface area contributed by atoms with Gasteiger partial charge in [-0.25, -0.2) is 0 Å². The van der Waals surface area contributed by atoms with Crippen LogP contribution in [0.15, 0.2) is 0 Å². The van der Waals surface area contributed by atoms with E-state index in [0.29, 0.717) is 0 Å². The van der Waals surface area contributed by atoms with E-state index in [2.05, 4.69) is 111 Å². The molecule has 0 aromatic heterocycles. The minimum atomic E-state index is -1.02. The average Bonchev–Trinajstić information content (AvgIpc) is 2.73. The summed E-state index contributed by atoms with van der Waals surface area (Å²) in [5.74, 6) is 0.326. The lowest BCUT2D eigenvalue weighted by atomic mass is 9.67. The molecule has 226 valence electrons. The highest BCUT2D eigenvalue weighted by molar-refractivity contribution is 5.64. The van der Waals surface area contributed by atoms with Crippen LogP contribution in [0, 0.1) is 45.3 Å². The molecule has 0 N–H and O–H groups in total. The van der Waals surface area contributed by atoms with Crippen LogP contribution in [0.2, 0.25) is 0 Å². The molecule has 6 atom stereocenters. The monoisotopic (exact) mass is 542 g/mol. The quantitative estimate of drug-likeness (QED) is 0.155. The molecule has 0 aliphatic carbocycles. The molecule has 6 unspecified atom stereocenters. The summed E-state index contributed by atoms with van der Waals surface area (Å²) in [6.07, 6.45) is 0.916. The van der Waals surface area contributed by atoms with Crippen molar-refractivity contribution < 1.29 is 28.8 Å². The second-order valence-corrected chi connectivity index (χ2v) is 15.7. The Morgan fingerprint density at radius 3 is 0.974 bits per heavy atom.